The molecule has 6 rings (SSSR count). The molecule has 1 saturated heterocycles. The summed E-state index contributed by atoms with van der Waals surface area (Å²) in [6.45, 7) is 8.30. The zero-order valence-corrected chi connectivity index (χ0v) is 28.0. The number of halogens is 2. The molecule has 2 aliphatic rings. The maximum atomic E-state index is 13.2. The Morgan fingerprint density at radius 1 is 1.19 bits per heavy atom. The van der Waals surface area contributed by atoms with Crippen LogP contribution in [-0.4, -0.2) is 61.3 Å². The molecule has 2 aromatic heterocycles. The number of cyclic esters (lactones) is 1. The van der Waals surface area contributed by atoms with Crippen LogP contribution in [0.5, 0.6) is 11.6 Å². The lowest BCUT2D eigenvalue weighted by molar-refractivity contribution is -0.133. The molecule has 244 valence electrons. The number of imidazole rings is 1. The molecule has 0 unspecified atom stereocenters. The van der Waals surface area contributed by atoms with Crippen LogP contribution < -0.4 is 9.47 Å². The van der Waals surface area contributed by atoms with E-state index < -0.39 is 12.0 Å². The monoisotopic (exact) mass is 676 g/mol. The van der Waals surface area contributed by atoms with Crippen molar-refractivity contribution in [2.45, 2.75) is 65.1 Å². The highest BCUT2D eigenvalue weighted by atomic mass is 35.5. The first kappa shape index (κ1) is 32.5. The normalized spacial score (nSPS) is 17.4. The first-order valence-electron chi connectivity index (χ1n) is 15.5. The number of hydrogen-bond acceptors (Lipinski definition) is 9. The van der Waals surface area contributed by atoms with E-state index in [1.807, 2.05) is 31.4 Å². The molecule has 13 heteroatoms. The lowest BCUT2D eigenvalue weighted by atomic mass is 10.0. The number of nitriles is 1. The molecule has 1 aliphatic carbocycles. The van der Waals surface area contributed by atoms with Crippen molar-refractivity contribution in [1.29, 1.82) is 5.26 Å². The number of rotatable bonds is 11. The van der Waals surface area contributed by atoms with Crippen molar-refractivity contribution in [3.05, 3.63) is 63.9 Å². The van der Waals surface area contributed by atoms with E-state index in [1.54, 1.807) is 37.3 Å². The minimum Gasteiger partial charge on any atom is -0.492 e. The van der Waals surface area contributed by atoms with Gasteiger partial charge in [-0.2, -0.15) is 10.2 Å². The maximum absolute atomic E-state index is 13.2. The van der Waals surface area contributed by atoms with Gasteiger partial charge in [-0.1, -0.05) is 50.0 Å². The molecule has 2 amide bonds. The highest BCUT2D eigenvalue weighted by Gasteiger charge is 2.42. The van der Waals surface area contributed by atoms with Crippen molar-refractivity contribution in [1.82, 2.24) is 24.4 Å². The van der Waals surface area contributed by atoms with Crippen LogP contribution in [0.4, 0.5) is 4.79 Å². The van der Waals surface area contributed by atoms with Gasteiger partial charge in [-0.25, -0.2) is 19.7 Å². The van der Waals surface area contributed by atoms with Gasteiger partial charge >= 0.3 is 6.09 Å². The van der Waals surface area contributed by atoms with E-state index in [0.717, 1.165) is 12.8 Å². The summed E-state index contributed by atoms with van der Waals surface area (Å²) in [5.41, 5.74) is 2.38. The summed E-state index contributed by atoms with van der Waals surface area (Å²) in [7, 11) is 0. The number of fused-ring (bicyclic) bond motifs is 1. The zero-order chi connectivity index (χ0) is 33.5. The maximum Gasteiger partial charge on any atom is 0.416 e. The van der Waals surface area contributed by atoms with Gasteiger partial charge in [0, 0.05) is 16.5 Å². The molecule has 2 atom stereocenters. The van der Waals surface area contributed by atoms with Crippen molar-refractivity contribution >= 4 is 46.4 Å². The summed E-state index contributed by atoms with van der Waals surface area (Å²) in [4.78, 5) is 40.6. The van der Waals surface area contributed by atoms with Gasteiger partial charge in [-0.3, -0.25) is 4.79 Å². The van der Waals surface area contributed by atoms with Crippen molar-refractivity contribution < 1.29 is 23.8 Å². The number of nitrogens with zero attached hydrogens (tertiary/aromatic N) is 6. The van der Waals surface area contributed by atoms with Crippen LogP contribution in [0.3, 0.4) is 0 Å². The number of carbonyl (C=O) groups is 2. The number of ether oxygens (including phenoxy) is 3. The fraction of sp³-hybridized carbons (Fsp3) is 0.412. The van der Waals surface area contributed by atoms with Crippen LogP contribution in [-0.2, 0) is 16.1 Å². The molecule has 47 heavy (non-hydrogen) atoms. The van der Waals surface area contributed by atoms with E-state index in [9.17, 15) is 14.9 Å². The average molecular weight is 678 g/mol. The molecule has 0 radical (unpaired) electrons. The lowest BCUT2D eigenvalue weighted by Crippen LogP contribution is -2.44. The SMILES string of the molecule is CC(C)[C@H]1COC(=O)N1C(=O)[C@@H](C)CCOc1cccc(-c2nc3c(OC4(C)CC4)ncnc3n2Cc2cc(Cl)ccc2C#N)c1Cl. The highest BCUT2D eigenvalue weighted by Crippen LogP contribution is 2.42. The van der Waals surface area contributed by atoms with E-state index in [0.29, 0.717) is 61.8 Å². The van der Waals surface area contributed by atoms with E-state index >= 15 is 0 Å². The van der Waals surface area contributed by atoms with Crippen molar-refractivity contribution in [3.8, 4) is 29.1 Å². The third-order valence-corrected chi connectivity index (χ3v) is 9.28. The summed E-state index contributed by atoms with van der Waals surface area (Å²) in [5.74, 6) is 0.546. The standard InChI is InChI=1S/C34H34Cl2N6O5/c1-19(2)25-17-46-33(44)42(25)32(43)20(3)10-13-45-26-7-5-6-24(27(26)36)29-40-28-30(38-18-39-31(28)47-34(4)11-12-34)41(29)16-22-14-23(35)9-8-21(22)15-37/h5-9,14,18-20,25H,10-13,16-17H2,1-4H3/t20-,25+/m0/s1. The van der Waals surface area contributed by atoms with Crippen LogP contribution in [0.15, 0.2) is 42.7 Å². The number of amides is 2. The summed E-state index contributed by atoms with van der Waals surface area (Å²) < 4.78 is 19.3. The summed E-state index contributed by atoms with van der Waals surface area (Å²) >= 11 is 13.3. The fourth-order valence-electron chi connectivity index (χ4n) is 5.51. The van der Waals surface area contributed by atoms with Gasteiger partial charge < -0.3 is 18.8 Å². The largest absolute Gasteiger partial charge is 0.492 e. The molecule has 11 nitrogen and oxygen atoms in total. The second-order valence-electron chi connectivity index (χ2n) is 12.6. The zero-order valence-electron chi connectivity index (χ0n) is 26.5. The van der Waals surface area contributed by atoms with Crippen LogP contribution in [0.25, 0.3) is 22.6 Å². The van der Waals surface area contributed by atoms with Crippen molar-refractivity contribution in [2.24, 2.45) is 11.8 Å². The third kappa shape index (κ3) is 6.58. The molecule has 3 heterocycles. The highest BCUT2D eigenvalue weighted by molar-refractivity contribution is 6.34. The molecule has 1 aliphatic heterocycles. The Morgan fingerprint density at radius 3 is 2.70 bits per heavy atom. The fourth-order valence-corrected chi connectivity index (χ4v) is 5.97. The Balaban J connectivity index is 1.30. The Morgan fingerprint density at radius 2 is 1.98 bits per heavy atom. The van der Waals surface area contributed by atoms with E-state index in [1.165, 1.54) is 11.2 Å². The molecule has 4 aromatic rings. The predicted molar refractivity (Wildman–Crippen MR) is 175 cm³/mol. The van der Waals surface area contributed by atoms with E-state index in [4.69, 9.17) is 42.4 Å². The van der Waals surface area contributed by atoms with Gasteiger partial charge in [-0.15, -0.1) is 0 Å². The molecule has 0 bridgehead atoms. The Kier molecular flexibility index (Phi) is 9.01. The number of aromatic nitrogens is 4. The van der Waals surface area contributed by atoms with Crippen LogP contribution in [0.2, 0.25) is 10.0 Å². The van der Waals surface area contributed by atoms with E-state index in [2.05, 4.69) is 16.0 Å². The predicted octanol–water partition coefficient (Wildman–Crippen LogP) is 7.06. The second-order valence-corrected chi connectivity index (χ2v) is 13.4. The smallest absolute Gasteiger partial charge is 0.416 e. The van der Waals surface area contributed by atoms with Crippen LogP contribution in [0, 0.1) is 23.2 Å². The molecular formula is C34H34Cl2N6O5. The molecule has 0 N–H and O–H groups in total. The quantitative estimate of drug-likeness (QED) is 0.164. The second kappa shape index (κ2) is 13.0. The van der Waals surface area contributed by atoms with E-state index in [-0.39, 0.29) is 43.2 Å². The van der Waals surface area contributed by atoms with Gasteiger partial charge in [0.05, 0.1) is 35.8 Å². The first-order chi connectivity index (χ1) is 22.5. The van der Waals surface area contributed by atoms with Gasteiger partial charge in [0.15, 0.2) is 11.2 Å². The van der Waals surface area contributed by atoms with Crippen LogP contribution in [0.1, 0.15) is 58.1 Å². The lowest BCUT2D eigenvalue weighted by Gasteiger charge is -2.25. The molecule has 0 spiro atoms. The Labute approximate surface area is 282 Å². The number of carbonyl (C=O) groups excluding carboxylic acids is 2. The molecule has 2 fully saturated rings. The summed E-state index contributed by atoms with van der Waals surface area (Å²) in [6.07, 6.45) is 3.01. The van der Waals surface area contributed by atoms with Gasteiger partial charge in [0.2, 0.25) is 11.8 Å². The topological polar surface area (TPSA) is 132 Å². The molecule has 2 aromatic carbocycles. The average Bonchev–Trinajstić information content (AvgIpc) is 3.46. The number of hydrogen-bond donors (Lipinski definition) is 0. The Bertz CT molecular complexity index is 1900. The first-order valence-corrected chi connectivity index (χ1v) is 16.3. The molecule has 1 saturated carbocycles. The summed E-state index contributed by atoms with van der Waals surface area (Å²) in [5, 5.41) is 10.6. The van der Waals surface area contributed by atoms with Gasteiger partial charge in [0.25, 0.3) is 0 Å². The number of benzene rings is 2. The summed E-state index contributed by atoms with van der Waals surface area (Å²) in [6, 6.07) is 12.4. The van der Waals surface area contributed by atoms with Gasteiger partial charge in [-0.05, 0) is 68.0 Å². The van der Waals surface area contributed by atoms with Gasteiger partial charge in [0.1, 0.15) is 30.1 Å². The molecular weight excluding hydrogens is 643 g/mol. The third-order valence-electron chi connectivity index (χ3n) is 8.66. The van der Waals surface area contributed by atoms with Crippen LogP contribution >= 0.6 is 23.2 Å². The minimum atomic E-state index is -0.607. The number of imide groups is 1. The van der Waals surface area contributed by atoms with Crippen molar-refractivity contribution in [2.75, 3.05) is 13.2 Å². The minimum absolute atomic E-state index is 0.0791. The van der Waals surface area contributed by atoms with Crippen molar-refractivity contribution in [3.63, 3.8) is 0 Å². The Hall–Kier alpha value is -4.40.